The van der Waals surface area contributed by atoms with Crippen molar-refractivity contribution in [1.29, 1.82) is 0 Å². The van der Waals surface area contributed by atoms with Crippen molar-refractivity contribution in [2.45, 2.75) is 6.10 Å². The van der Waals surface area contributed by atoms with Gasteiger partial charge in [-0.3, -0.25) is 0 Å². The molecule has 1 unspecified atom stereocenters. The maximum atomic E-state index is 8.88. The van der Waals surface area contributed by atoms with Crippen molar-refractivity contribution in [2.75, 3.05) is 12.5 Å². The predicted molar refractivity (Wildman–Crippen MR) is 38.1 cm³/mol. The molecule has 8 heteroatoms. The molecular weight excluding hydrogens is 198 g/mol. The Morgan fingerprint density at radius 3 is 1.64 bits per heavy atom. The first kappa shape index (κ1) is 13.9. The molecule has 0 saturated carbocycles. The monoisotopic (exact) mass is 208 g/mol. The first-order valence-electron chi connectivity index (χ1n) is 2.44. The van der Waals surface area contributed by atoms with Crippen LogP contribution in [0.2, 0.25) is 0 Å². The van der Waals surface area contributed by atoms with Crippen LogP contribution in [0.1, 0.15) is 0 Å². The van der Waals surface area contributed by atoms with Crippen LogP contribution in [0, 0.1) is 0 Å². The summed E-state index contributed by atoms with van der Waals surface area (Å²) in [5, 5.41) is 16.3. The average molecular weight is 209 g/mol. The van der Waals surface area contributed by atoms with E-state index in [4.69, 9.17) is 41.1 Å². The number of hydrogen-bond donors (Lipinski definition) is 5. The van der Waals surface area contributed by atoms with Crippen molar-refractivity contribution in [3.63, 3.8) is 0 Å². The molecule has 0 saturated heterocycles. The van der Waals surface area contributed by atoms with E-state index < -0.39 is 13.9 Å². The second kappa shape index (κ2) is 7.00. The Bertz CT molecular complexity index is 111. The van der Waals surface area contributed by atoms with Gasteiger partial charge in [-0.15, -0.1) is 11.6 Å². The maximum absolute atomic E-state index is 8.88. The molecule has 70 valence electrons. The molecule has 0 fully saturated rings. The van der Waals surface area contributed by atoms with Gasteiger partial charge in [-0.1, -0.05) is 0 Å². The molecule has 1 atom stereocenters. The van der Waals surface area contributed by atoms with E-state index in [1.165, 1.54) is 0 Å². The fourth-order valence-corrected chi connectivity index (χ4v) is 0.146. The molecule has 0 aliphatic heterocycles. The minimum Gasteiger partial charge on any atom is -0.394 e. The largest absolute Gasteiger partial charge is 0.466 e. The quantitative estimate of drug-likeness (QED) is 0.283. The van der Waals surface area contributed by atoms with Crippen molar-refractivity contribution < 1.29 is 29.5 Å². The van der Waals surface area contributed by atoms with Crippen LogP contribution in [-0.4, -0.2) is 43.5 Å². The van der Waals surface area contributed by atoms with Crippen molar-refractivity contribution in [3.8, 4) is 0 Å². The highest BCUT2D eigenvalue weighted by Crippen LogP contribution is 2.25. The van der Waals surface area contributed by atoms with Crippen molar-refractivity contribution in [2.24, 2.45) is 0 Å². The van der Waals surface area contributed by atoms with Crippen LogP contribution in [0.4, 0.5) is 0 Å². The number of aliphatic hydroxyl groups is 2. The van der Waals surface area contributed by atoms with Crippen LogP contribution in [0.15, 0.2) is 0 Å². The predicted octanol–water partition coefficient (Wildman–Crippen LogP) is -1.35. The van der Waals surface area contributed by atoms with Gasteiger partial charge in [0.2, 0.25) is 0 Å². The molecular formula is C3H10ClO6P. The van der Waals surface area contributed by atoms with Gasteiger partial charge in [0.15, 0.2) is 0 Å². The Hall–Kier alpha value is 0.320. The first-order chi connectivity index (χ1) is 4.81. The molecule has 0 radical (unpaired) electrons. The molecule has 0 bridgehead atoms. The van der Waals surface area contributed by atoms with Gasteiger partial charge < -0.3 is 24.9 Å². The minimum atomic E-state index is -4.64. The van der Waals surface area contributed by atoms with Crippen LogP contribution in [0.3, 0.4) is 0 Å². The summed E-state index contributed by atoms with van der Waals surface area (Å²) in [5.41, 5.74) is 0. The SMILES string of the molecule is O=P(O)(O)O.OCC(O)CCl. The van der Waals surface area contributed by atoms with Gasteiger partial charge >= 0.3 is 7.82 Å². The van der Waals surface area contributed by atoms with Crippen molar-refractivity contribution >= 4 is 19.4 Å². The highest BCUT2D eigenvalue weighted by atomic mass is 35.5. The molecule has 5 N–H and O–H groups in total. The fourth-order valence-electron chi connectivity index (χ4n) is 0.0488. The second-order valence-electron chi connectivity index (χ2n) is 1.50. The summed E-state index contributed by atoms with van der Waals surface area (Å²) in [4.78, 5) is 21.6. The molecule has 0 aliphatic carbocycles. The first-order valence-corrected chi connectivity index (χ1v) is 4.54. The molecule has 6 nitrogen and oxygen atoms in total. The van der Waals surface area contributed by atoms with Crippen LogP contribution in [-0.2, 0) is 4.57 Å². The number of phosphoric acid groups is 1. The van der Waals surface area contributed by atoms with Gasteiger partial charge in [-0.2, -0.15) is 0 Å². The van der Waals surface area contributed by atoms with E-state index >= 15 is 0 Å². The minimum absolute atomic E-state index is 0.108. The average Bonchev–Trinajstić information content (AvgIpc) is 1.83. The zero-order valence-corrected chi connectivity index (χ0v) is 7.11. The van der Waals surface area contributed by atoms with E-state index in [0.717, 1.165) is 0 Å². The Kier molecular flexibility index (Phi) is 8.83. The molecule has 0 aromatic rings. The zero-order chi connectivity index (χ0) is 9.49. The highest BCUT2D eigenvalue weighted by molar-refractivity contribution is 7.45. The molecule has 0 amide bonds. The van der Waals surface area contributed by atoms with Crippen molar-refractivity contribution in [3.05, 3.63) is 0 Å². The lowest BCUT2D eigenvalue weighted by Gasteiger charge is -1.95. The van der Waals surface area contributed by atoms with E-state index in [9.17, 15) is 0 Å². The zero-order valence-electron chi connectivity index (χ0n) is 5.46. The summed E-state index contributed by atoms with van der Waals surface area (Å²) in [6, 6.07) is 0. The third kappa shape index (κ3) is 38.3. The van der Waals surface area contributed by atoms with Gasteiger partial charge in [-0.05, 0) is 0 Å². The Morgan fingerprint density at radius 1 is 1.36 bits per heavy atom. The lowest BCUT2D eigenvalue weighted by atomic mass is 10.5. The van der Waals surface area contributed by atoms with Gasteiger partial charge in [0.05, 0.1) is 18.6 Å². The van der Waals surface area contributed by atoms with Crippen LogP contribution < -0.4 is 0 Å². The Morgan fingerprint density at radius 2 is 1.64 bits per heavy atom. The smallest absolute Gasteiger partial charge is 0.394 e. The summed E-state index contributed by atoms with van der Waals surface area (Å²) < 4.78 is 8.88. The van der Waals surface area contributed by atoms with E-state index in [1.807, 2.05) is 0 Å². The summed E-state index contributed by atoms with van der Waals surface area (Å²) in [6.45, 7) is -0.247. The topological polar surface area (TPSA) is 118 Å². The molecule has 0 rings (SSSR count). The Labute approximate surface area is 68.3 Å². The van der Waals surface area contributed by atoms with Crippen LogP contribution in [0.25, 0.3) is 0 Å². The fraction of sp³-hybridized carbons (Fsp3) is 1.00. The summed E-state index contributed by atoms with van der Waals surface area (Å²) in [6.07, 6.45) is -0.744. The van der Waals surface area contributed by atoms with Crippen molar-refractivity contribution in [1.82, 2.24) is 0 Å². The lowest BCUT2D eigenvalue weighted by molar-refractivity contribution is 0.112. The molecule has 0 spiro atoms. The summed E-state index contributed by atoms with van der Waals surface area (Å²) >= 11 is 5.04. The van der Waals surface area contributed by atoms with E-state index in [-0.39, 0.29) is 12.5 Å². The van der Waals surface area contributed by atoms with Gasteiger partial charge in [-0.25, -0.2) is 4.57 Å². The van der Waals surface area contributed by atoms with E-state index in [2.05, 4.69) is 0 Å². The molecule has 0 aromatic carbocycles. The highest BCUT2D eigenvalue weighted by Gasteiger charge is 2.00. The standard InChI is InChI=1S/C3H7ClO2.H3O4P/c4-1-3(6)2-5;1-5(2,3)4/h3,5-6H,1-2H2;(H3,1,2,3,4). The third-order valence-corrected chi connectivity index (χ3v) is 0.745. The second-order valence-corrected chi connectivity index (χ2v) is 2.84. The molecule has 0 heterocycles. The third-order valence-electron chi connectivity index (χ3n) is 0.389. The number of aliphatic hydroxyl groups excluding tert-OH is 2. The van der Waals surface area contributed by atoms with Crippen LogP contribution >= 0.6 is 19.4 Å². The van der Waals surface area contributed by atoms with Gasteiger partial charge in [0, 0.05) is 0 Å². The summed E-state index contributed by atoms with van der Waals surface area (Å²) in [7, 11) is -4.64. The number of alkyl halides is 1. The number of halogens is 1. The Balaban J connectivity index is 0. The number of hydrogen-bond acceptors (Lipinski definition) is 3. The van der Waals surface area contributed by atoms with Gasteiger partial charge in [0.1, 0.15) is 0 Å². The van der Waals surface area contributed by atoms with Gasteiger partial charge in [0.25, 0.3) is 0 Å². The lowest BCUT2D eigenvalue weighted by Crippen LogP contribution is -2.12. The molecule has 0 aromatic heterocycles. The summed E-state index contributed by atoms with van der Waals surface area (Å²) in [5.74, 6) is 0.108. The maximum Gasteiger partial charge on any atom is 0.466 e. The number of rotatable bonds is 2. The normalized spacial score (nSPS) is 13.3. The molecule has 0 aliphatic rings. The van der Waals surface area contributed by atoms with E-state index in [0.29, 0.717) is 0 Å². The van der Waals surface area contributed by atoms with Crippen LogP contribution in [0.5, 0.6) is 0 Å². The molecule has 11 heavy (non-hydrogen) atoms. The van der Waals surface area contributed by atoms with E-state index in [1.54, 1.807) is 0 Å².